The molecule has 2 rings (SSSR count). The van der Waals surface area contributed by atoms with Gasteiger partial charge < -0.3 is 15.1 Å². The zero-order valence-electron chi connectivity index (χ0n) is 12.5. The molecule has 0 radical (unpaired) electrons. The lowest BCUT2D eigenvalue weighted by Crippen LogP contribution is -2.45. The summed E-state index contributed by atoms with van der Waals surface area (Å²) in [5.41, 5.74) is 6.58. The molecule has 1 aromatic rings. The van der Waals surface area contributed by atoms with Crippen molar-refractivity contribution < 1.29 is 9.53 Å². The van der Waals surface area contributed by atoms with Gasteiger partial charge in [0.1, 0.15) is 5.75 Å². The highest BCUT2D eigenvalue weighted by molar-refractivity contribution is 6.35. The normalized spacial score (nSPS) is 16.6. The molecular formula is C15H19Cl2N3O2. The Morgan fingerprint density at radius 3 is 2.82 bits per heavy atom. The number of amides is 1. The second kappa shape index (κ2) is 7.72. The average Bonchev–Trinajstić information content (AvgIpc) is 2.49. The maximum absolute atomic E-state index is 12.0. The van der Waals surface area contributed by atoms with Crippen LogP contribution >= 0.6 is 23.2 Å². The van der Waals surface area contributed by atoms with Crippen LogP contribution < -0.4 is 15.6 Å². The number of hydrazine groups is 1. The molecule has 2 N–H and O–H groups in total. The molecule has 120 valence electrons. The summed E-state index contributed by atoms with van der Waals surface area (Å²) >= 11 is 11.8. The first-order valence-electron chi connectivity index (χ1n) is 7.01. The van der Waals surface area contributed by atoms with Crippen LogP contribution in [0, 0.1) is 0 Å². The lowest BCUT2D eigenvalue weighted by molar-refractivity contribution is -0.128. The standard InChI is InChI=1S/C15H19Cl2N3O2/c1-10(22-14-4-3-11(16)9-13(14)17)15(21)19-18-12-5-7-20(2)8-6-12/h3-5,9-10,18H,6-8H2,1-2H3,(H,19,21). The molecule has 0 saturated carbocycles. The van der Waals surface area contributed by atoms with E-state index < -0.39 is 6.10 Å². The molecule has 1 heterocycles. The van der Waals surface area contributed by atoms with Gasteiger partial charge in [0.2, 0.25) is 0 Å². The van der Waals surface area contributed by atoms with Crippen molar-refractivity contribution in [2.75, 3.05) is 20.1 Å². The van der Waals surface area contributed by atoms with Crippen molar-refractivity contribution in [3.05, 3.63) is 40.0 Å². The maximum atomic E-state index is 12.0. The summed E-state index contributed by atoms with van der Waals surface area (Å²) in [6.07, 6.45) is 2.23. The van der Waals surface area contributed by atoms with Crippen molar-refractivity contribution in [2.24, 2.45) is 0 Å². The van der Waals surface area contributed by atoms with Gasteiger partial charge in [-0.2, -0.15) is 0 Å². The van der Waals surface area contributed by atoms with Crippen LogP contribution in [0.15, 0.2) is 30.0 Å². The van der Waals surface area contributed by atoms with Crippen molar-refractivity contribution in [3.8, 4) is 5.75 Å². The third-order valence-electron chi connectivity index (χ3n) is 3.33. The van der Waals surface area contributed by atoms with Gasteiger partial charge in [-0.3, -0.25) is 10.2 Å². The number of hydrogen-bond acceptors (Lipinski definition) is 4. The molecule has 1 unspecified atom stereocenters. The molecule has 0 aromatic heterocycles. The summed E-state index contributed by atoms with van der Waals surface area (Å²) in [7, 11) is 2.05. The van der Waals surface area contributed by atoms with Gasteiger partial charge >= 0.3 is 0 Å². The number of ether oxygens (including phenoxy) is 1. The Kier molecular flexibility index (Phi) is 5.94. The first-order chi connectivity index (χ1) is 10.5. The zero-order valence-corrected chi connectivity index (χ0v) is 14.0. The van der Waals surface area contributed by atoms with Crippen LogP contribution in [-0.4, -0.2) is 37.0 Å². The molecule has 0 fully saturated rings. The summed E-state index contributed by atoms with van der Waals surface area (Å²) in [4.78, 5) is 14.2. The predicted molar refractivity (Wildman–Crippen MR) is 88.0 cm³/mol. The van der Waals surface area contributed by atoms with Crippen molar-refractivity contribution >= 4 is 29.1 Å². The topological polar surface area (TPSA) is 53.6 Å². The summed E-state index contributed by atoms with van der Waals surface area (Å²) in [5, 5.41) is 0.892. The van der Waals surface area contributed by atoms with Crippen molar-refractivity contribution in [1.82, 2.24) is 15.8 Å². The van der Waals surface area contributed by atoms with Crippen LogP contribution in [0.1, 0.15) is 13.3 Å². The molecule has 0 bridgehead atoms. The van der Waals surface area contributed by atoms with Crippen molar-refractivity contribution in [3.63, 3.8) is 0 Å². The Bertz CT molecular complexity index is 578. The number of likely N-dealkylation sites (N-methyl/N-ethyl adjacent to an activating group) is 1. The van der Waals surface area contributed by atoms with E-state index >= 15 is 0 Å². The monoisotopic (exact) mass is 343 g/mol. The molecule has 1 amide bonds. The van der Waals surface area contributed by atoms with E-state index in [9.17, 15) is 4.79 Å². The van der Waals surface area contributed by atoms with Crippen LogP contribution in [0.2, 0.25) is 10.0 Å². The van der Waals surface area contributed by atoms with E-state index in [2.05, 4.69) is 22.8 Å². The van der Waals surface area contributed by atoms with Gasteiger partial charge in [0.05, 0.1) is 5.02 Å². The third kappa shape index (κ3) is 4.80. The Morgan fingerprint density at radius 1 is 1.41 bits per heavy atom. The molecule has 1 aromatic carbocycles. The highest BCUT2D eigenvalue weighted by atomic mass is 35.5. The fourth-order valence-electron chi connectivity index (χ4n) is 1.94. The minimum absolute atomic E-state index is 0.272. The Hall–Kier alpha value is -1.43. The summed E-state index contributed by atoms with van der Waals surface area (Å²) in [6, 6.07) is 4.88. The Morgan fingerprint density at radius 2 is 2.18 bits per heavy atom. The first kappa shape index (κ1) is 16.9. The SMILES string of the molecule is CC(Oc1ccc(Cl)cc1Cl)C(=O)NNC1=CCN(C)CC1. The number of halogens is 2. The van der Waals surface area contributed by atoms with Gasteiger partial charge in [-0.25, -0.2) is 0 Å². The molecule has 1 atom stereocenters. The van der Waals surface area contributed by atoms with Crippen LogP contribution in [0.5, 0.6) is 5.75 Å². The number of nitrogens with zero attached hydrogens (tertiary/aromatic N) is 1. The lowest BCUT2D eigenvalue weighted by Gasteiger charge is -2.23. The minimum Gasteiger partial charge on any atom is -0.479 e. The van der Waals surface area contributed by atoms with Crippen LogP contribution in [-0.2, 0) is 4.79 Å². The Labute approximate surface area is 140 Å². The highest BCUT2D eigenvalue weighted by Crippen LogP contribution is 2.28. The number of hydrogen-bond donors (Lipinski definition) is 2. The maximum Gasteiger partial charge on any atom is 0.279 e. The number of nitrogens with one attached hydrogen (secondary N) is 2. The lowest BCUT2D eigenvalue weighted by atomic mass is 10.2. The minimum atomic E-state index is -0.682. The average molecular weight is 344 g/mol. The van der Waals surface area contributed by atoms with Crippen molar-refractivity contribution in [1.29, 1.82) is 0 Å². The van der Waals surface area contributed by atoms with Crippen LogP contribution in [0.3, 0.4) is 0 Å². The fraction of sp³-hybridized carbons (Fsp3) is 0.400. The molecule has 22 heavy (non-hydrogen) atoms. The second-order valence-electron chi connectivity index (χ2n) is 5.19. The Balaban J connectivity index is 1.84. The summed E-state index contributed by atoms with van der Waals surface area (Å²) < 4.78 is 5.55. The van der Waals surface area contributed by atoms with E-state index in [1.54, 1.807) is 25.1 Å². The molecule has 0 spiro atoms. The smallest absolute Gasteiger partial charge is 0.279 e. The summed E-state index contributed by atoms with van der Waals surface area (Å²) in [6.45, 7) is 3.48. The van der Waals surface area contributed by atoms with E-state index in [0.717, 1.165) is 25.2 Å². The van der Waals surface area contributed by atoms with Gasteiger partial charge in [-0.15, -0.1) is 0 Å². The molecule has 0 aliphatic carbocycles. The number of benzene rings is 1. The zero-order chi connectivity index (χ0) is 16.1. The third-order valence-corrected chi connectivity index (χ3v) is 3.86. The van der Waals surface area contributed by atoms with Gasteiger partial charge in [0, 0.05) is 30.2 Å². The van der Waals surface area contributed by atoms with Crippen molar-refractivity contribution in [2.45, 2.75) is 19.4 Å². The van der Waals surface area contributed by atoms with E-state index in [4.69, 9.17) is 27.9 Å². The fourth-order valence-corrected chi connectivity index (χ4v) is 2.40. The van der Waals surface area contributed by atoms with Gasteiger partial charge in [-0.05, 0) is 38.2 Å². The molecule has 1 aliphatic rings. The number of carbonyl (C=O) groups excluding carboxylic acids is 1. The number of rotatable bonds is 5. The van der Waals surface area contributed by atoms with E-state index in [-0.39, 0.29) is 5.91 Å². The predicted octanol–water partition coefficient (Wildman–Crippen LogP) is 2.60. The molecule has 0 saturated heterocycles. The van der Waals surface area contributed by atoms with Gasteiger partial charge in [0.15, 0.2) is 6.10 Å². The van der Waals surface area contributed by atoms with E-state index in [0.29, 0.717) is 15.8 Å². The van der Waals surface area contributed by atoms with Crippen LogP contribution in [0.4, 0.5) is 0 Å². The van der Waals surface area contributed by atoms with E-state index in [1.807, 2.05) is 6.08 Å². The van der Waals surface area contributed by atoms with Gasteiger partial charge in [0.25, 0.3) is 5.91 Å². The highest BCUT2D eigenvalue weighted by Gasteiger charge is 2.17. The van der Waals surface area contributed by atoms with Gasteiger partial charge in [-0.1, -0.05) is 23.2 Å². The van der Waals surface area contributed by atoms with Crippen LogP contribution in [0.25, 0.3) is 0 Å². The largest absolute Gasteiger partial charge is 0.479 e. The first-order valence-corrected chi connectivity index (χ1v) is 7.76. The molecule has 7 heteroatoms. The number of carbonyl (C=O) groups is 1. The molecule has 1 aliphatic heterocycles. The van der Waals surface area contributed by atoms with E-state index in [1.165, 1.54) is 0 Å². The molecular weight excluding hydrogens is 325 g/mol. The summed E-state index contributed by atoms with van der Waals surface area (Å²) in [5.74, 6) is 0.151. The quantitative estimate of drug-likeness (QED) is 0.807. The second-order valence-corrected chi connectivity index (χ2v) is 6.03. The molecule has 5 nitrogen and oxygen atoms in total.